The highest BCUT2D eigenvalue weighted by Gasteiger charge is 2.39. The Bertz CT molecular complexity index is 1650. The average molecular weight is 1210 g/mol. The molecule has 0 aromatic rings. The summed E-state index contributed by atoms with van der Waals surface area (Å²) in [5.41, 5.74) is 0.160. The van der Waals surface area contributed by atoms with E-state index in [1.54, 1.807) is 28.4 Å². The van der Waals surface area contributed by atoms with Crippen molar-refractivity contribution in [2.45, 2.75) is 153 Å². The SMILES string of the molecule is COCCOCC(COCCCNC(=O)CCN1C(=O)CC(SCCCCCCN(CCCCCCSC2CC(=O)N(CCC(=O)NCCCOCC(COCCOC)OCCOC)C2=O)C(=O)CCCC(C)(C)C)C1=O)OCCOC. The summed E-state index contributed by atoms with van der Waals surface area (Å²) in [6.07, 6.45) is 10.8. The molecule has 2 fully saturated rings. The Balaban J connectivity index is 1.62. The van der Waals surface area contributed by atoms with Gasteiger partial charge in [-0.2, -0.15) is 0 Å². The van der Waals surface area contributed by atoms with Gasteiger partial charge in [0.05, 0.1) is 89.8 Å². The van der Waals surface area contributed by atoms with Crippen molar-refractivity contribution in [2.75, 3.05) is 172 Å². The number of hydrogen-bond acceptors (Lipinski definition) is 19. The fraction of sp³-hybridized carbons (Fsp3) is 0.879. The number of amides is 7. The lowest BCUT2D eigenvalue weighted by Gasteiger charge is -2.24. The molecular weight excluding hydrogens is 1100 g/mol. The molecule has 0 aliphatic carbocycles. The number of unbranched alkanes of at least 4 members (excludes halogenated alkanes) is 6. The third-order valence-electron chi connectivity index (χ3n) is 13.4. The molecule has 0 bridgehead atoms. The Morgan fingerprint density at radius 3 is 1.30 bits per heavy atom. The van der Waals surface area contributed by atoms with Gasteiger partial charge in [-0.3, -0.25) is 43.4 Å². The van der Waals surface area contributed by atoms with E-state index in [2.05, 4.69) is 31.4 Å². The first-order valence-electron chi connectivity index (χ1n) is 29.9. The third-order valence-corrected chi connectivity index (χ3v) is 16.0. The van der Waals surface area contributed by atoms with Crippen molar-refractivity contribution in [1.29, 1.82) is 0 Å². The number of rotatable bonds is 55. The molecule has 2 heterocycles. The van der Waals surface area contributed by atoms with Crippen molar-refractivity contribution in [2.24, 2.45) is 5.41 Å². The van der Waals surface area contributed by atoms with Crippen LogP contribution in [0.2, 0.25) is 0 Å². The van der Waals surface area contributed by atoms with E-state index >= 15 is 0 Å². The van der Waals surface area contributed by atoms with Crippen LogP contribution in [0.3, 0.4) is 0 Å². The summed E-state index contributed by atoms with van der Waals surface area (Å²) in [6, 6.07) is 0. The summed E-state index contributed by atoms with van der Waals surface area (Å²) in [6.45, 7) is 14.8. The van der Waals surface area contributed by atoms with Crippen LogP contribution in [0.5, 0.6) is 0 Å². The van der Waals surface area contributed by atoms with E-state index in [0.717, 1.165) is 75.7 Å². The summed E-state index contributed by atoms with van der Waals surface area (Å²) in [7, 11) is 6.44. The zero-order valence-electron chi connectivity index (χ0n) is 51.0. The lowest BCUT2D eigenvalue weighted by atomic mass is 9.90. The molecule has 4 atom stereocenters. The van der Waals surface area contributed by atoms with Crippen LogP contribution in [0, 0.1) is 5.41 Å². The van der Waals surface area contributed by atoms with Crippen LogP contribution in [0.25, 0.3) is 0 Å². The van der Waals surface area contributed by atoms with E-state index < -0.39 is 10.5 Å². The van der Waals surface area contributed by atoms with Crippen LogP contribution < -0.4 is 10.6 Å². The van der Waals surface area contributed by atoms with Crippen LogP contribution in [-0.4, -0.2) is 250 Å². The van der Waals surface area contributed by atoms with Gasteiger partial charge < -0.3 is 62.9 Å². The molecule has 0 radical (unpaired) electrons. The van der Waals surface area contributed by atoms with Crippen molar-refractivity contribution in [1.82, 2.24) is 25.3 Å². The molecule has 2 N–H and O–H groups in total. The van der Waals surface area contributed by atoms with Gasteiger partial charge in [0.1, 0.15) is 12.2 Å². The number of nitrogens with one attached hydrogen (secondary N) is 2. The second-order valence-electron chi connectivity index (χ2n) is 21.7. The minimum absolute atomic E-state index is 0.0434. The van der Waals surface area contributed by atoms with E-state index in [4.69, 9.17) is 47.4 Å². The van der Waals surface area contributed by atoms with Crippen LogP contribution in [0.15, 0.2) is 0 Å². The largest absolute Gasteiger partial charge is 0.382 e. The van der Waals surface area contributed by atoms with Crippen LogP contribution >= 0.6 is 23.5 Å². The number of imide groups is 2. The van der Waals surface area contributed by atoms with Gasteiger partial charge in [-0.05, 0) is 68.3 Å². The average Bonchev–Trinajstić information content (AvgIpc) is 3.89. The minimum Gasteiger partial charge on any atom is -0.382 e. The molecule has 2 saturated heterocycles. The third kappa shape index (κ3) is 36.7. The van der Waals surface area contributed by atoms with Crippen molar-refractivity contribution in [3.8, 4) is 0 Å². The zero-order valence-corrected chi connectivity index (χ0v) is 52.6. The Morgan fingerprint density at radius 2 is 0.902 bits per heavy atom. The van der Waals surface area contributed by atoms with Gasteiger partial charge in [-0.15, -0.1) is 23.5 Å². The second kappa shape index (κ2) is 48.1. The van der Waals surface area contributed by atoms with E-state index in [1.807, 2.05) is 4.90 Å². The van der Waals surface area contributed by atoms with E-state index in [0.29, 0.717) is 138 Å². The van der Waals surface area contributed by atoms with Gasteiger partial charge in [-0.25, -0.2) is 0 Å². The fourth-order valence-corrected chi connectivity index (χ4v) is 11.1. The van der Waals surface area contributed by atoms with Crippen molar-refractivity contribution < 1.29 is 80.9 Å². The monoisotopic (exact) mass is 1210 g/mol. The highest BCUT2D eigenvalue weighted by atomic mass is 32.2. The lowest BCUT2D eigenvalue weighted by molar-refractivity contribution is -0.140. The predicted octanol–water partition coefficient (Wildman–Crippen LogP) is 5.09. The molecule has 2 rings (SSSR count). The van der Waals surface area contributed by atoms with Crippen LogP contribution in [0.1, 0.15) is 130 Å². The number of nitrogens with zero attached hydrogens (tertiary/aromatic N) is 3. The minimum atomic E-state index is -0.433. The summed E-state index contributed by atoms with van der Waals surface area (Å²) in [5.74, 6) is 0.292. The van der Waals surface area contributed by atoms with Gasteiger partial charge >= 0.3 is 0 Å². The summed E-state index contributed by atoms with van der Waals surface area (Å²) in [4.78, 5) is 94.8. The molecule has 24 heteroatoms. The molecule has 7 amide bonds. The molecule has 0 aromatic heterocycles. The first kappa shape index (κ1) is 75.1. The number of carbonyl (C=O) groups excluding carboxylic acids is 7. The maximum Gasteiger partial charge on any atom is 0.242 e. The second-order valence-corrected chi connectivity index (χ2v) is 24.3. The highest BCUT2D eigenvalue weighted by Crippen LogP contribution is 2.28. The number of ether oxygens (including phenoxy) is 10. The predicted molar refractivity (Wildman–Crippen MR) is 317 cm³/mol. The van der Waals surface area contributed by atoms with E-state index in [-0.39, 0.29) is 97.7 Å². The van der Waals surface area contributed by atoms with Gasteiger partial charge in [0.2, 0.25) is 41.4 Å². The zero-order chi connectivity index (χ0) is 60.1. The Labute approximate surface area is 498 Å². The summed E-state index contributed by atoms with van der Waals surface area (Å²) < 4.78 is 54.3. The van der Waals surface area contributed by atoms with Crippen LogP contribution in [0.4, 0.5) is 0 Å². The molecule has 82 heavy (non-hydrogen) atoms. The molecule has 2 aliphatic rings. The quantitative estimate of drug-likeness (QED) is 0.0595. The Hall–Kier alpha value is -3.01. The number of thioether (sulfide) groups is 2. The normalized spacial score (nSPS) is 16.4. The summed E-state index contributed by atoms with van der Waals surface area (Å²) in [5, 5.41) is 4.82. The van der Waals surface area contributed by atoms with E-state index in [1.165, 1.54) is 33.3 Å². The topological polar surface area (TPSA) is 246 Å². The fourth-order valence-electron chi connectivity index (χ4n) is 8.73. The number of hydrogen-bond donors (Lipinski definition) is 2. The maximum atomic E-state index is 13.4. The van der Waals surface area contributed by atoms with Gasteiger partial charge in [0.25, 0.3) is 0 Å². The molecular formula is C58H105N5O17S2. The highest BCUT2D eigenvalue weighted by molar-refractivity contribution is 8.00. The van der Waals surface area contributed by atoms with Crippen LogP contribution in [-0.2, 0) is 80.9 Å². The van der Waals surface area contributed by atoms with Crippen molar-refractivity contribution in [3.63, 3.8) is 0 Å². The van der Waals surface area contributed by atoms with Gasteiger partial charge in [0, 0.05) is 113 Å². The van der Waals surface area contributed by atoms with Crippen molar-refractivity contribution >= 4 is 64.9 Å². The number of likely N-dealkylation sites (tertiary alicyclic amines) is 2. The van der Waals surface area contributed by atoms with Gasteiger partial charge in [-0.1, -0.05) is 46.5 Å². The smallest absolute Gasteiger partial charge is 0.242 e. The van der Waals surface area contributed by atoms with E-state index in [9.17, 15) is 33.6 Å². The standard InChI is InChI=1S/C58H105N5O17S2/c1-58(2,3)22-16-19-53(66)61(25-12-8-10-14-39-81-49-41-54(67)62(56(49)69)27-20-51(64)59-23-17-29-75-43-47(79-37-33-73-6)45-77-35-31-71-4)26-13-9-11-15-40-82-50-42-55(68)63(57(50)70)28-21-52(65)60-24-18-30-76-44-48(80-38-34-74-7)46-78-36-32-72-5/h47-50H,8-46H2,1-7H3,(H,59,64)(H,60,65). The maximum absolute atomic E-state index is 13.4. The molecule has 2 aliphatic heterocycles. The summed E-state index contributed by atoms with van der Waals surface area (Å²) >= 11 is 3.01. The number of methoxy groups -OCH3 is 4. The molecule has 0 aromatic carbocycles. The first-order valence-corrected chi connectivity index (χ1v) is 32.0. The molecule has 0 saturated carbocycles. The molecule has 4 unspecified atom stereocenters. The van der Waals surface area contributed by atoms with Crippen molar-refractivity contribution in [3.05, 3.63) is 0 Å². The Kier molecular flexibility index (Phi) is 44.1. The molecule has 476 valence electrons. The first-order chi connectivity index (χ1) is 39.6. The molecule has 22 nitrogen and oxygen atoms in total. The Morgan fingerprint density at radius 1 is 0.512 bits per heavy atom. The molecule has 0 spiro atoms. The number of carbonyl (C=O) groups is 7. The van der Waals surface area contributed by atoms with Gasteiger partial charge in [0.15, 0.2) is 0 Å². The lowest BCUT2D eigenvalue weighted by Crippen LogP contribution is -2.36.